The summed E-state index contributed by atoms with van der Waals surface area (Å²) in [6.45, 7) is 2.83. The van der Waals surface area contributed by atoms with Gasteiger partial charge in [-0.25, -0.2) is 4.79 Å². The highest BCUT2D eigenvalue weighted by Crippen LogP contribution is 2.50. The highest BCUT2D eigenvalue weighted by Gasteiger charge is 2.71. The van der Waals surface area contributed by atoms with Crippen molar-refractivity contribution in [1.29, 1.82) is 0 Å². The van der Waals surface area contributed by atoms with Crippen LogP contribution < -0.4 is 4.90 Å². The lowest BCUT2D eigenvalue weighted by atomic mass is 9.92. The van der Waals surface area contributed by atoms with Crippen LogP contribution in [0.25, 0.3) is 11.1 Å². The van der Waals surface area contributed by atoms with Crippen molar-refractivity contribution in [1.82, 2.24) is 4.98 Å². The number of nitrogens with zero attached hydrogens (tertiary/aromatic N) is 2. The second-order valence-electron chi connectivity index (χ2n) is 8.87. The van der Waals surface area contributed by atoms with Crippen molar-refractivity contribution in [3.05, 3.63) is 82.6 Å². The molecule has 1 aromatic heterocycles. The molecule has 0 unspecified atom stereocenters. The van der Waals surface area contributed by atoms with Gasteiger partial charge in [-0.3, -0.25) is 4.98 Å². The topological polar surface area (TPSA) is 73.7 Å². The van der Waals surface area contributed by atoms with Gasteiger partial charge in [-0.1, -0.05) is 53.5 Å². The van der Waals surface area contributed by atoms with E-state index in [1.54, 1.807) is 12.4 Å². The minimum absolute atomic E-state index is 0.335. The van der Waals surface area contributed by atoms with Crippen LogP contribution in [0, 0.1) is 0 Å². The molecule has 15 heteroatoms. The van der Waals surface area contributed by atoms with Gasteiger partial charge in [0.1, 0.15) is 0 Å². The number of benzene rings is 2. The number of anilines is 1. The fourth-order valence-corrected chi connectivity index (χ4v) is 3.98. The van der Waals surface area contributed by atoms with Gasteiger partial charge in [0.05, 0.1) is 0 Å². The van der Waals surface area contributed by atoms with Crippen molar-refractivity contribution < 1.29 is 54.5 Å². The largest absolute Gasteiger partial charge is 0.490 e. The Morgan fingerprint density at radius 1 is 0.881 bits per heavy atom. The van der Waals surface area contributed by atoms with E-state index in [4.69, 9.17) is 9.90 Å². The van der Waals surface area contributed by atoms with Gasteiger partial charge in [-0.2, -0.15) is 39.5 Å². The summed E-state index contributed by atoms with van der Waals surface area (Å²) in [5, 5.41) is 16.8. The second kappa shape index (κ2) is 13.8. The highest BCUT2D eigenvalue weighted by molar-refractivity contribution is 9.10. The number of unbranched alkanes of at least 4 members (excludes halogenated alkanes) is 1. The summed E-state index contributed by atoms with van der Waals surface area (Å²) in [6, 6.07) is 13.2. The highest BCUT2D eigenvalue weighted by atomic mass is 79.9. The number of hydrogen-bond donors (Lipinski definition) is 2. The van der Waals surface area contributed by atoms with Crippen LogP contribution in [-0.4, -0.2) is 46.2 Å². The lowest BCUT2D eigenvalue weighted by Gasteiger charge is -2.33. The minimum atomic E-state index is -5.93. The molecular formula is C27H24BrF9N2O3. The van der Waals surface area contributed by atoms with E-state index in [1.807, 2.05) is 42.2 Å². The monoisotopic (exact) mass is 674 g/mol. The van der Waals surface area contributed by atoms with E-state index < -0.39 is 35.7 Å². The lowest BCUT2D eigenvalue weighted by Crippen LogP contribution is -2.53. The van der Waals surface area contributed by atoms with Crippen molar-refractivity contribution in [3.8, 4) is 11.1 Å². The first-order valence-electron chi connectivity index (χ1n) is 12.0. The summed E-state index contributed by atoms with van der Waals surface area (Å²) >= 11 is 3.40. The summed E-state index contributed by atoms with van der Waals surface area (Å²) in [7, 11) is 0. The Hall–Kier alpha value is -3.33. The van der Waals surface area contributed by atoms with Crippen molar-refractivity contribution in [2.45, 2.75) is 50.4 Å². The molecule has 42 heavy (non-hydrogen) atoms. The maximum atomic E-state index is 13.2. The Morgan fingerprint density at radius 2 is 1.40 bits per heavy atom. The molecule has 3 aromatic rings. The summed E-state index contributed by atoms with van der Waals surface area (Å²) in [6.07, 6.45) is -12.0. The average molecular weight is 675 g/mol. The first-order valence-corrected chi connectivity index (χ1v) is 12.8. The molecule has 230 valence electrons. The molecular weight excluding hydrogens is 651 g/mol. The summed E-state index contributed by atoms with van der Waals surface area (Å²) in [5.41, 5.74) is -3.11. The number of aliphatic hydroxyl groups is 1. The van der Waals surface area contributed by atoms with Crippen LogP contribution in [0.2, 0.25) is 0 Å². The van der Waals surface area contributed by atoms with E-state index in [0.29, 0.717) is 30.9 Å². The van der Waals surface area contributed by atoms with Crippen LogP contribution in [0.1, 0.15) is 30.9 Å². The smallest absolute Gasteiger partial charge is 0.475 e. The van der Waals surface area contributed by atoms with Crippen molar-refractivity contribution in [2.75, 3.05) is 11.4 Å². The lowest BCUT2D eigenvalue weighted by molar-refractivity contribution is -0.376. The number of hydrogen-bond acceptors (Lipinski definition) is 4. The predicted octanol–water partition coefficient (Wildman–Crippen LogP) is 8.26. The normalized spacial score (nSPS) is 12.4. The van der Waals surface area contributed by atoms with E-state index in [0.717, 1.165) is 34.0 Å². The first-order chi connectivity index (χ1) is 19.3. The van der Waals surface area contributed by atoms with Gasteiger partial charge in [-0.15, -0.1) is 0 Å². The molecule has 1 heterocycles. The molecule has 0 amide bonds. The van der Waals surface area contributed by atoms with E-state index in [-0.39, 0.29) is 0 Å². The molecule has 0 saturated heterocycles. The number of carboxylic acid groups (broad SMARTS) is 1. The number of carbonyl (C=O) groups is 1. The Balaban J connectivity index is 0.000000782. The number of rotatable bonds is 8. The summed E-state index contributed by atoms with van der Waals surface area (Å²) in [4.78, 5) is 15.0. The van der Waals surface area contributed by atoms with Crippen molar-refractivity contribution in [3.63, 3.8) is 0 Å². The van der Waals surface area contributed by atoms with Gasteiger partial charge in [0.2, 0.25) is 0 Å². The van der Waals surface area contributed by atoms with Crippen LogP contribution in [0.5, 0.6) is 0 Å². The maximum Gasteiger partial charge on any atom is 0.490 e. The van der Waals surface area contributed by atoms with E-state index >= 15 is 0 Å². The molecule has 0 atom stereocenters. The summed E-state index contributed by atoms with van der Waals surface area (Å²) < 4.78 is 112. The van der Waals surface area contributed by atoms with Crippen molar-refractivity contribution in [2.24, 2.45) is 0 Å². The molecule has 0 aliphatic carbocycles. The minimum Gasteiger partial charge on any atom is -0.475 e. The number of aromatic nitrogens is 1. The van der Waals surface area contributed by atoms with Gasteiger partial charge in [-0.05, 0) is 53.4 Å². The van der Waals surface area contributed by atoms with E-state index in [9.17, 15) is 44.6 Å². The Morgan fingerprint density at radius 3 is 1.86 bits per heavy atom. The zero-order valence-corrected chi connectivity index (χ0v) is 23.2. The molecule has 0 radical (unpaired) electrons. The van der Waals surface area contributed by atoms with Crippen molar-refractivity contribution >= 4 is 27.6 Å². The number of alkyl halides is 9. The fourth-order valence-electron chi connectivity index (χ4n) is 3.72. The number of aliphatic carboxylic acids is 1. The van der Waals surface area contributed by atoms with Gasteiger partial charge in [0.25, 0.3) is 5.60 Å². The van der Waals surface area contributed by atoms with Crippen LogP contribution in [0.4, 0.5) is 45.2 Å². The summed E-state index contributed by atoms with van der Waals surface area (Å²) in [5.74, 6) is -2.76. The Labute approximate surface area is 242 Å². The fraction of sp³-hybridized carbons (Fsp3) is 0.333. The zero-order valence-electron chi connectivity index (χ0n) is 21.7. The number of pyridine rings is 1. The molecule has 0 spiro atoms. The average Bonchev–Trinajstić information content (AvgIpc) is 2.90. The van der Waals surface area contributed by atoms with Crippen LogP contribution in [0.3, 0.4) is 0 Å². The molecule has 0 fully saturated rings. The third kappa shape index (κ3) is 8.60. The molecule has 3 rings (SSSR count). The third-order valence-electron chi connectivity index (χ3n) is 5.91. The van der Waals surface area contributed by atoms with Gasteiger partial charge < -0.3 is 15.1 Å². The molecule has 0 aliphatic rings. The quantitative estimate of drug-likeness (QED) is 0.235. The third-order valence-corrected chi connectivity index (χ3v) is 6.44. The van der Waals surface area contributed by atoms with E-state index in [2.05, 4.69) is 20.9 Å². The molecule has 0 saturated carbocycles. The Bertz CT molecular complexity index is 1300. The SMILES string of the molecule is CCCCN(Cc1cnccc1-c1ccc(Br)cc1)c1ccc(C(O)(C(F)(F)F)C(F)(F)F)cc1.O=C(O)C(F)(F)F. The molecule has 5 nitrogen and oxygen atoms in total. The Kier molecular flexibility index (Phi) is 11.4. The van der Waals surface area contributed by atoms with Gasteiger partial charge in [0.15, 0.2) is 0 Å². The standard InChI is InChI=1S/C25H23BrF6N2O.C2HF3O2/c1-2-3-14-34(16-18-15-33-13-12-22(18)17-4-8-20(26)9-5-17)21-10-6-19(7-11-21)23(35,24(27,28)29)25(30,31)32;3-2(4,5)1(6)7/h4-13,15,35H,2-3,14,16H2,1H3;(H,6,7). The first kappa shape index (κ1) is 34.9. The predicted molar refractivity (Wildman–Crippen MR) is 139 cm³/mol. The maximum absolute atomic E-state index is 13.2. The number of carboxylic acids is 1. The molecule has 0 aliphatic heterocycles. The molecule has 0 bridgehead atoms. The zero-order chi connectivity index (χ0) is 31.9. The van der Waals surface area contributed by atoms with Crippen LogP contribution >= 0.6 is 15.9 Å². The van der Waals surface area contributed by atoms with Gasteiger partial charge >= 0.3 is 24.5 Å². The van der Waals surface area contributed by atoms with Gasteiger partial charge in [0, 0.05) is 41.2 Å². The van der Waals surface area contributed by atoms with E-state index in [1.165, 1.54) is 12.1 Å². The molecule has 2 N–H and O–H groups in total. The van der Waals surface area contributed by atoms with Crippen LogP contribution in [-0.2, 0) is 16.9 Å². The number of halogens is 10. The second-order valence-corrected chi connectivity index (χ2v) is 9.79. The van der Waals surface area contributed by atoms with Crippen LogP contribution in [0.15, 0.2) is 71.5 Å². The molecule has 2 aromatic carbocycles.